The topological polar surface area (TPSA) is 50.5 Å². The second kappa shape index (κ2) is 5.56. The van der Waals surface area contributed by atoms with Gasteiger partial charge in [0, 0.05) is 32.3 Å². The Bertz CT molecular complexity index is 482. The summed E-state index contributed by atoms with van der Waals surface area (Å²) < 4.78 is 0. The number of aromatic hydroxyl groups is 1. The number of nitrogens with zero attached hydrogens (tertiary/aromatic N) is 3. The second-order valence-corrected chi connectivity index (χ2v) is 4.50. The van der Waals surface area contributed by atoms with Crippen molar-refractivity contribution in [2.75, 3.05) is 38.1 Å². The van der Waals surface area contributed by atoms with Crippen LogP contribution >= 0.6 is 0 Å². The molecule has 1 heterocycles. The fraction of sp³-hybridized carbons (Fsp3) is 0.357. The van der Waals surface area contributed by atoms with E-state index in [0.29, 0.717) is 0 Å². The Kier molecular flexibility index (Phi) is 3.85. The van der Waals surface area contributed by atoms with Gasteiger partial charge in [-0.25, -0.2) is 0 Å². The molecule has 2 rings (SSSR count). The number of rotatable bonds is 2. The van der Waals surface area contributed by atoms with E-state index in [2.05, 4.69) is 16.8 Å². The summed E-state index contributed by atoms with van der Waals surface area (Å²) in [7, 11) is 2.10. The van der Waals surface area contributed by atoms with E-state index in [1.807, 2.05) is 18.2 Å². The monoisotopic (exact) mass is 243 g/mol. The number of benzene rings is 1. The van der Waals surface area contributed by atoms with Crippen LogP contribution in [0.5, 0.6) is 5.75 Å². The third kappa shape index (κ3) is 2.82. The molecule has 1 N–H and O–H groups in total. The molecule has 0 spiro atoms. The van der Waals surface area contributed by atoms with Gasteiger partial charge in [-0.1, -0.05) is 6.07 Å². The SMILES string of the molecule is CN1CCN(c2ccc(C=CC#N)cc2O)CC1. The standard InChI is InChI=1S/C14H17N3O/c1-16-7-9-17(10-8-16)13-5-4-12(3-2-6-15)11-14(13)18/h2-5,11,18H,7-10H2,1H3. The van der Waals surface area contributed by atoms with Crippen LogP contribution in [-0.2, 0) is 0 Å². The van der Waals surface area contributed by atoms with Crippen molar-refractivity contribution in [1.82, 2.24) is 4.90 Å². The van der Waals surface area contributed by atoms with Crippen molar-refractivity contribution >= 4 is 11.8 Å². The molecule has 1 aromatic rings. The van der Waals surface area contributed by atoms with Gasteiger partial charge < -0.3 is 14.9 Å². The van der Waals surface area contributed by atoms with Gasteiger partial charge in [0.2, 0.25) is 0 Å². The van der Waals surface area contributed by atoms with Crippen LogP contribution in [0.15, 0.2) is 24.3 Å². The van der Waals surface area contributed by atoms with Crippen molar-refractivity contribution in [3.05, 3.63) is 29.8 Å². The lowest BCUT2D eigenvalue weighted by Gasteiger charge is -2.34. The Morgan fingerprint density at radius 3 is 2.61 bits per heavy atom. The highest BCUT2D eigenvalue weighted by molar-refractivity contribution is 5.64. The number of piperazine rings is 1. The first kappa shape index (κ1) is 12.5. The predicted octanol–water partition coefficient (Wildman–Crippen LogP) is 1.68. The molecule has 1 aliphatic heterocycles. The normalized spacial score (nSPS) is 17.0. The maximum absolute atomic E-state index is 10.0. The maximum atomic E-state index is 10.0. The van der Waals surface area contributed by atoms with Crippen LogP contribution in [0.3, 0.4) is 0 Å². The molecule has 1 aromatic carbocycles. The fourth-order valence-electron chi connectivity index (χ4n) is 2.09. The lowest BCUT2D eigenvalue weighted by Crippen LogP contribution is -2.44. The molecule has 0 bridgehead atoms. The van der Waals surface area contributed by atoms with Gasteiger partial charge in [0.15, 0.2) is 0 Å². The van der Waals surface area contributed by atoms with Crippen molar-refractivity contribution in [2.24, 2.45) is 0 Å². The van der Waals surface area contributed by atoms with Crippen LogP contribution < -0.4 is 4.90 Å². The van der Waals surface area contributed by atoms with Gasteiger partial charge in [-0.05, 0) is 30.8 Å². The molecule has 1 aliphatic rings. The third-order valence-electron chi connectivity index (χ3n) is 3.19. The molecular weight excluding hydrogens is 226 g/mol. The molecule has 0 saturated carbocycles. The van der Waals surface area contributed by atoms with Gasteiger partial charge in [0.05, 0.1) is 11.8 Å². The Labute approximate surface area is 107 Å². The summed E-state index contributed by atoms with van der Waals surface area (Å²) in [5, 5.41) is 18.5. The summed E-state index contributed by atoms with van der Waals surface area (Å²) in [6, 6.07) is 7.47. The van der Waals surface area contributed by atoms with E-state index < -0.39 is 0 Å². The lowest BCUT2D eigenvalue weighted by atomic mass is 10.1. The fourth-order valence-corrected chi connectivity index (χ4v) is 2.09. The molecular formula is C14H17N3O. The lowest BCUT2D eigenvalue weighted by molar-refractivity contribution is 0.311. The summed E-state index contributed by atoms with van der Waals surface area (Å²) in [6.45, 7) is 3.87. The van der Waals surface area contributed by atoms with Gasteiger partial charge in [0.1, 0.15) is 5.75 Å². The average Bonchev–Trinajstić information content (AvgIpc) is 2.38. The highest BCUT2D eigenvalue weighted by Crippen LogP contribution is 2.29. The van der Waals surface area contributed by atoms with Crippen molar-refractivity contribution in [3.63, 3.8) is 0 Å². The zero-order chi connectivity index (χ0) is 13.0. The number of likely N-dealkylation sites (N-methyl/N-ethyl adjacent to an activating group) is 1. The number of hydrogen-bond acceptors (Lipinski definition) is 4. The van der Waals surface area contributed by atoms with E-state index in [4.69, 9.17) is 5.26 Å². The Morgan fingerprint density at radius 2 is 2.00 bits per heavy atom. The molecule has 0 radical (unpaired) electrons. The molecule has 18 heavy (non-hydrogen) atoms. The van der Waals surface area contributed by atoms with Crippen molar-refractivity contribution in [2.45, 2.75) is 0 Å². The van der Waals surface area contributed by atoms with E-state index in [0.717, 1.165) is 37.4 Å². The molecule has 94 valence electrons. The zero-order valence-electron chi connectivity index (χ0n) is 10.5. The van der Waals surface area contributed by atoms with E-state index >= 15 is 0 Å². The van der Waals surface area contributed by atoms with Crippen LogP contribution in [0.4, 0.5) is 5.69 Å². The largest absolute Gasteiger partial charge is 0.506 e. The predicted molar refractivity (Wildman–Crippen MR) is 72.5 cm³/mol. The van der Waals surface area contributed by atoms with E-state index in [1.165, 1.54) is 6.08 Å². The Morgan fingerprint density at radius 1 is 1.28 bits per heavy atom. The minimum absolute atomic E-state index is 0.277. The van der Waals surface area contributed by atoms with Gasteiger partial charge >= 0.3 is 0 Å². The molecule has 1 fully saturated rings. The highest BCUT2D eigenvalue weighted by atomic mass is 16.3. The summed E-state index contributed by atoms with van der Waals surface area (Å²) in [6.07, 6.45) is 3.10. The molecule has 0 amide bonds. The smallest absolute Gasteiger partial charge is 0.139 e. The number of anilines is 1. The van der Waals surface area contributed by atoms with Crippen LogP contribution in [0.2, 0.25) is 0 Å². The molecule has 1 saturated heterocycles. The van der Waals surface area contributed by atoms with Crippen LogP contribution in [0.25, 0.3) is 6.08 Å². The number of allylic oxidation sites excluding steroid dienone is 1. The van der Waals surface area contributed by atoms with Gasteiger partial charge in [-0.3, -0.25) is 0 Å². The summed E-state index contributed by atoms with van der Waals surface area (Å²) in [5.41, 5.74) is 1.71. The van der Waals surface area contributed by atoms with E-state index in [-0.39, 0.29) is 5.75 Å². The minimum Gasteiger partial charge on any atom is -0.506 e. The van der Waals surface area contributed by atoms with Crippen molar-refractivity contribution in [1.29, 1.82) is 5.26 Å². The Balaban J connectivity index is 2.15. The summed E-state index contributed by atoms with van der Waals surface area (Å²) in [5.74, 6) is 0.277. The van der Waals surface area contributed by atoms with Crippen LogP contribution in [0, 0.1) is 11.3 Å². The van der Waals surface area contributed by atoms with Gasteiger partial charge in [-0.15, -0.1) is 0 Å². The first-order valence-electron chi connectivity index (χ1n) is 6.03. The molecule has 4 heteroatoms. The molecule has 0 unspecified atom stereocenters. The van der Waals surface area contributed by atoms with Crippen LogP contribution in [0.1, 0.15) is 5.56 Å². The molecule has 0 aromatic heterocycles. The third-order valence-corrected chi connectivity index (χ3v) is 3.19. The van der Waals surface area contributed by atoms with Crippen molar-refractivity contribution in [3.8, 4) is 11.8 Å². The first-order chi connectivity index (χ1) is 8.70. The minimum atomic E-state index is 0.277. The number of nitriles is 1. The second-order valence-electron chi connectivity index (χ2n) is 4.50. The Hall–Kier alpha value is -1.99. The number of hydrogen-bond donors (Lipinski definition) is 1. The maximum Gasteiger partial charge on any atom is 0.139 e. The molecule has 0 aliphatic carbocycles. The quantitative estimate of drug-likeness (QED) is 0.803. The highest BCUT2D eigenvalue weighted by Gasteiger charge is 2.16. The first-order valence-corrected chi connectivity index (χ1v) is 6.03. The molecule has 0 atom stereocenters. The van der Waals surface area contributed by atoms with Gasteiger partial charge in [-0.2, -0.15) is 5.26 Å². The molecule has 4 nitrogen and oxygen atoms in total. The van der Waals surface area contributed by atoms with E-state index in [9.17, 15) is 5.11 Å². The van der Waals surface area contributed by atoms with Crippen LogP contribution in [-0.4, -0.2) is 43.2 Å². The summed E-state index contributed by atoms with van der Waals surface area (Å²) >= 11 is 0. The number of phenols is 1. The van der Waals surface area contributed by atoms with E-state index in [1.54, 1.807) is 12.1 Å². The average molecular weight is 243 g/mol. The van der Waals surface area contributed by atoms with Crippen molar-refractivity contribution < 1.29 is 5.11 Å². The summed E-state index contributed by atoms with van der Waals surface area (Å²) in [4.78, 5) is 4.46. The van der Waals surface area contributed by atoms with Gasteiger partial charge in [0.25, 0.3) is 0 Å². The zero-order valence-corrected chi connectivity index (χ0v) is 10.5. The number of phenolic OH excluding ortho intramolecular Hbond substituents is 1.